The highest BCUT2D eigenvalue weighted by Crippen LogP contribution is 2.22. The van der Waals surface area contributed by atoms with Gasteiger partial charge in [0.25, 0.3) is 5.91 Å². The van der Waals surface area contributed by atoms with Crippen LogP contribution in [-0.2, 0) is 11.2 Å². The van der Waals surface area contributed by atoms with Crippen molar-refractivity contribution in [3.8, 4) is 0 Å². The smallest absolute Gasteiger partial charge is 0.326 e. The average molecular weight is 338 g/mol. The van der Waals surface area contributed by atoms with Crippen molar-refractivity contribution in [2.75, 3.05) is 0 Å². The van der Waals surface area contributed by atoms with Gasteiger partial charge < -0.3 is 10.4 Å². The number of carbonyl (C=O) groups is 2. The summed E-state index contributed by atoms with van der Waals surface area (Å²) >= 11 is 11.9. The fourth-order valence-corrected chi connectivity index (χ4v) is 2.42. The Bertz CT molecular complexity index is 689. The summed E-state index contributed by atoms with van der Waals surface area (Å²) in [5.41, 5.74) is 1.00. The molecule has 0 fully saturated rings. The van der Waals surface area contributed by atoms with Crippen LogP contribution in [0.2, 0.25) is 10.0 Å². The van der Waals surface area contributed by atoms with Gasteiger partial charge in [-0.15, -0.1) is 0 Å². The second-order valence-electron chi connectivity index (χ2n) is 4.67. The zero-order valence-electron chi connectivity index (χ0n) is 11.4. The van der Waals surface area contributed by atoms with E-state index in [1.54, 1.807) is 42.5 Å². The summed E-state index contributed by atoms with van der Waals surface area (Å²) in [6.07, 6.45) is 0.0733. The third-order valence-corrected chi connectivity index (χ3v) is 3.67. The highest BCUT2D eigenvalue weighted by Gasteiger charge is 2.22. The molecule has 4 nitrogen and oxygen atoms in total. The van der Waals surface area contributed by atoms with E-state index in [1.165, 1.54) is 6.07 Å². The second-order valence-corrected chi connectivity index (χ2v) is 5.51. The fraction of sp³-hybridized carbons (Fsp3) is 0.125. The van der Waals surface area contributed by atoms with Crippen LogP contribution in [0.1, 0.15) is 15.9 Å². The number of amides is 1. The first-order valence-corrected chi connectivity index (χ1v) is 7.25. The number of aliphatic carboxylic acids is 1. The van der Waals surface area contributed by atoms with Gasteiger partial charge in [0.05, 0.1) is 0 Å². The normalized spacial score (nSPS) is 11.7. The van der Waals surface area contributed by atoms with Crippen LogP contribution in [-0.4, -0.2) is 23.0 Å². The van der Waals surface area contributed by atoms with E-state index >= 15 is 0 Å². The first kappa shape index (κ1) is 16.3. The molecule has 6 heteroatoms. The molecular weight excluding hydrogens is 325 g/mol. The van der Waals surface area contributed by atoms with E-state index in [9.17, 15) is 14.7 Å². The van der Waals surface area contributed by atoms with Gasteiger partial charge in [-0.3, -0.25) is 4.79 Å². The van der Waals surface area contributed by atoms with Crippen LogP contribution >= 0.6 is 23.2 Å². The number of carboxylic acid groups (broad SMARTS) is 1. The predicted molar refractivity (Wildman–Crippen MR) is 85.5 cm³/mol. The molecule has 2 rings (SSSR count). The number of carboxylic acids is 1. The van der Waals surface area contributed by atoms with E-state index in [0.717, 1.165) is 0 Å². The Morgan fingerprint density at radius 3 is 2.36 bits per heavy atom. The lowest BCUT2D eigenvalue weighted by atomic mass is 10.1. The quantitative estimate of drug-likeness (QED) is 0.878. The number of benzene rings is 2. The second kappa shape index (κ2) is 7.29. The summed E-state index contributed by atoms with van der Waals surface area (Å²) in [5.74, 6) is -1.58. The number of rotatable bonds is 5. The Morgan fingerprint density at radius 2 is 1.77 bits per heavy atom. The number of carbonyl (C=O) groups excluding carboxylic acids is 1. The molecule has 0 bridgehead atoms. The molecular formula is C16H13Cl2NO3. The lowest BCUT2D eigenvalue weighted by Crippen LogP contribution is -2.42. The van der Waals surface area contributed by atoms with Crippen molar-refractivity contribution in [3.63, 3.8) is 0 Å². The number of nitrogens with one attached hydrogen (secondary N) is 1. The summed E-state index contributed by atoms with van der Waals surface area (Å²) in [6.45, 7) is 0. The SMILES string of the molecule is O=C(N[C@H](Cc1ccc(Cl)cc1Cl)C(=O)O)c1ccccc1. The van der Waals surface area contributed by atoms with Gasteiger partial charge in [0.2, 0.25) is 0 Å². The third kappa shape index (κ3) is 4.23. The third-order valence-electron chi connectivity index (χ3n) is 3.08. The number of hydrogen-bond donors (Lipinski definition) is 2. The van der Waals surface area contributed by atoms with E-state index in [1.807, 2.05) is 0 Å². The molecule has 0 aliphatic carbocycles. The molecule has 0 spiro atoms. The average Bonchev–Trinajstić information content (AvgIpc) is 2.49. The summed E-state index contributed by atoms with van der Waals surface area (Å²) in [6, 6.07) is 12.2. The predicted octanol–water partition coefficient (Wildman–Crippen LogP) is 3.42. The van der Waals surface area contributed by atoms with Gasteiger partial charge in [0.15, 0.2) is 0 Å². The first-order chi connectivity index (χ1) is 10.5. The zero-order valence-corrected chi connectivity index (χ0v) is 12.9. The van der Waals surface area contributed by atoms with E-state index in [-0.39, 0.29) is 6.42 Å². The van der Waals surface area contributed by atoms with Gasteiger partial charge in [-0.2, -0.15) is 0 Å². The van der Waals surface area contributed by atoms with E-state index < -0.39 is 17.9 Å². The van der Waals surface area contributed by atoms with E-state index in [4.69, 9.17) is 23.2 Å². The van der Waals surface area contributed by atoms with Crippen LogP contribution in [0.5, 0.6) is 0 Å². The monoisotopic (exact) mass is 337 g/mol. The van der Waals surface area contributed by atoms with Gasteiger partial charge in [0, 0.05) is 22.0 Å². The molecule has 0 unspecified atom stereocenters. The van der Waals surface area contributed by atoms with Crippen molar-refractivity contribution in [2.24, 2.45) is 0 Å². The molecule has 0 heterocycles. The lowest BCUT2D eigenvalue weighted by Gasteiger charge is -2.15. The zero-order chi connectivity index (χ0) is 16.1. The van der Waals surface area contributed by atoms with E-state index in [2.05, 4.69) is 5.32 Å². The summed E-state index contributed by atoms with van der Waals surface area (Å²) in [4.78, 5) is 23.4. The highest BCUT2D eigenvalue weighted by atomic mass is 35.5. The Hall–Kier alpha value is -2.04. The molecule has 0 aliphatic heterocycles. The summed E-state index contributed by atoms with van der Waals surface area (Å²) in [5, 5.41) is 12.6. The molecule has 0 aliphatic rings. The number of halogens is 2. The number of hydrogen-bond acceptors (Lipinski definition) is 2. The minimum Gasteiger partial charge on any atom is -0.480 e. The summed E-state index contributed by atoms with van der Waals surface area (Å²) in [7, 11) is 0. The van der Waals surface area contributed by atoms with Gasteiger partial charge in [-0.25, -0.2) is 4.79 Å². The first-order valence-electron chi connectivity index (χ1n) is 6.50. The Balaban J connectivity index is 2.14. The van der Waals surface area contributed by atoms with Crippen LogP contribution in [0.15, 0.2) is 48.5 Å². The van der Waals surface area contributed by atoms with Gasteiger partial charge in [-0.05, 0) is 29.8 Å². The molecule has 2 aromatic carbocycles. The standard InChI is InChI=1S/C16H13Cl2NO3/c17-12-7-6-11(13(18)9-12)8-14(16(21)22)19-15(20)10-4-2-1-3-5-10/h1-7,9,14H,8H2,(H,19,20)(H,21,22)/t14-/m1/s1. The minimum atomic E-state index is -1.13. The largest absolute Gasteiger partial charge is 0.480 e. The van der Waals surface area contributed by atoms with Gasteiger partial charge in [0.1, 0.15) is 6.04 Å². The van der Waals surface area contributed by atoms with Gasteiger partial charge >= 0.3 is 5.97 Å². The van der Waals surface area contributed by atoms with E-state index in [0.29, 0.717) is 21.2 Å². The molecule has 1 atom stereocenters. The van der Waals surface area contributed by atoms with Crippen molar-refractivity contribution in [2.45, 2.75) is 12.5 Å². The van der Waals surface area contributed by atoms with Crippen molar-refractivity contribution in [1.29, 1.82) is 0 Å². The molecule has 114 valence electrons. The molecule has 1 amide bonds. The molecule has 0 aromatic heterocycles. The molecule has 0 radical (unpaired) electrons. The van der Waals surface area contributed by atoms with Gasteiger partial charge in [-0.1, -0.05) is 47.5 Å². The molecule has 0 saturated carbocycles. The van der Waals surface area contributed by atoms with Crippen LogP contribution in [0, 0.1) is 0 Å². The van der Waals surface area contributed by atoms with Crippen LogP contribution in [0.4, 0.5) is 0 Å². The van der Waals surface area contributed by atoms with Crippen molar-refractivity contribution in [3.05, 3.63) is 69.7 Å². The van der Waals surface area contributed by atoms with Crippen molar-refractivity contribution >= 4 is 35.1 Å². The Kier molecular flexibility index (Phi) is 5.41. The van der Waals surface area contributed by atoms with Crippen LogP contribution in [0.3, 0.4) is 0 Å². The topological polar surface area (TPSA) is 66.4 Å². The maximum Gasteiger partial charge on any atom is 0.326 e. The maximum absolute atomic E-state index is 12.1. The van der Waals surface area contributed by atoms with Crippen molar-refractivity contribution < 1.29 is 14.7 Å². The molecule has 2 N–H and O–H groups in total. The lowest BCUT2D eigenvalue weighted by molar-refractivity contribution is -0.139. The Morgan fingerprint density at radius 1 is 1.09 bits per heavy atom. The Labute approximate surface area is 137 Å². The van der Waals surface area contributed by atoms with Crippen molar-refractivity contribution in [1.82, 2.24) is 5.32 Å². The fourth-order valence-electron chi connectivity index (χ4n) is 1.94. The molecule has 2 aromatic rings. The van der Waals surface area contributed by atoms with Crippen LogP contribution in [0.25, 0.3) is 0 Å². The summed E-state index contributed by atoms with van der Waals surface area (Å²) < 4.78 is 0. The van der Waals surface area contributed by atoms with Crippen LogP contribution < -0.4 is 5.32 Å². The maximum atomic E-state index is 12.1. The highest BCUT2D eigenvalue weighted by molar-refractivity contribution is 6.35. The minimum absolute atomic E-state index is 0.0733. The molecule has 22 heavy (non-hydrogen) atoms. The molecule has 0 saturated heterocycles.